The fraction of sp³-hybridized carbons (Fsp3) is 0.308. The van der Waals surface area contributed by atoms with Crippen molar-refractivity contribution in [3.05, 3.63) is 41.5 Å². The van der Waals surface area contributed by atoms with Crippen molar-refractivity contribution in [2.45, 2.75) is 27.2 Å². The van der Waals surface area contributed by atoms with E-state index in [4.69, 9.17) is 0 Å². The Hall–Kier alpha value is -1.57. The first-order valence-electron chi connectivity index (χ1n) is 5.10. The zero-order chi connectivity index (χ0) is 11.3. The van der Waals surface area contributed by atoms with Crippen molar-refractivity contribution in [2.24, 2.45) is 0 Å². The lowest BCUT2D eigenvalue weighted by Gasteiger charge is -2.04. The minimum Gasteiger partial charge on any atom is -0.326 e. The number of hydrogen-bond donors (Lipinski definition) is 1. The number of carbonyl (C=O) groups excluding carboxylic acids is 1. The van der Waals surface area contributed by atoms with Crippen LogP contribution in [0.1, 0.15) is 26.3 Å². The highest BCUT2D eigenvalue weighted by Gasteiger charge is 1.97. The van der Waals surface area contributed by atoms with Crippen LogP contribution in [0.5, 0.6) is 0 Å². The molecule has 0 atom stereocenters. The lowest BCUT2D eigenvalue weighted by Crippen LogP contribution is -2.05. The molecule has 0 aromatic heterocycles. The number of allylic oxidation sites excluding steroid dienone is 2. The molecular formula is C13H17NO. The third kappa shape index (κ3) is 3.98. The number of rotatable bonds is 3. The molecule has 0 aliphatic carbocycles. The molecular weight excluding hydrogens is 186 g/mol. The second-order valence-corrected chi connectivity index (χ2v) is 3.69. The lowest BCUT2D eigenvalue weighted by atomic mass is 10.1. The first kappa shape index (κ1) is 11.5. The summed E-state index contributed by atoms with van der Waals surface area (Å²) in [5.41, 5.74) is 3.46. The Kier molecular flexibility index (Phi) is 4.10. The van der Waals surface area contributed by atoms with E-state index >= 15 is 0 Å². The van der Waals surface area contributed by atoms with E-state index in [1.165, 1.54) is 18.1 Å². The van der Waals surface area contributed by atoms with Crippen LogP contribution in [0, 0.1) is 0 Å². The first-order chi connectivity index (χ1) is 7.11. The van der Waals surface area contributed by atoms with Gasteiger partial charge in [-0.2, -0.15) is 0 Å². The molecule has 1 aromatic carbocycles. The van der Waals surface area contributed by atoms with E-state index < -0.39 is 0 Å². The van der Waals surface area contributed by atoms with Crippen molar-refractivity contribution < 1.29 is 4.79 Å². The van der Waals surface area contributed by atoms with Crippen LogP contribution in [-0.4, -0.2) is 5.91 Å². The molecule has 0 aliphatic heterocycles. The molecule has 15 heavy (non-hydrogen) atoms. The molecule has 0 saturated carbocycles. The van der Waals surface area contributed by atoms with Crippen LogP contribution in [0.25, 0.3) is 0 Å². The molecule has 0 radical (unpaired) electrons. The first-order valence-corrected chi connectivity index (χ1v) is 5.10. The quantitative estimate of drug-likeness (QED) is 0.751. The molecule has 0 heterocycles. The molecule has 0 unspecified atom stereocenters. The standard InChI is InChI=1S/C13H17NO/c1-4-10(2)9-12-5-7-13(8-6-12)14-11(3)15/h4-8H,9H2,1-3H3,(H,14,15)/b10-4-. The smallest absolute Gasteiger partial charge is 0.221 e. The lowest BCUT2D eigenvalue weighted by molar-refractivity contribution is -0.114. The fourth-order valence-electron chi connectivity index (χ4n) is 1.33. The molecule has 1 N–H and O–H groups in total. The van der Waals surface area contributed by atoms with Gasteiger partial charge in [0.25, 0.3) is 0 Å². The highest BCUT2D eigenvalue weighted by molar-refractivity contribution is 5.88. The number of amides is 1. The SMILES string of the molecule is C/C=C(/C)Cc1ccc(NC(C)=O)cc1. The molecule has 2 heteroatoms. The third-order valence-corrected chi connectivity index (χ3v) is 2.25. The van der Waals surface area contributed by atoms with Crippen LogP contribution in [0.4, 0.5) is 5.69 Å². The van der Waals surface area contributed by atoms with Crippen molar-refractivity contribution in [1.82, 2.24) is 0 Å². The van der Waals surface area contributed by atoms with Gasteiger partial charge in [-0.1, -0.05) is 23.8 Å². The Morgan fingerprint density at radius 2 is 1.87 bits per heavy atom. The molecule has 0 aliphatic rings. The summed E-state index contributed by atoms with van der Waals surface area (Å²) in [6.07, 6.45) is 3.08. The Morgan fingerprint density at radius 1 is 1.27 bits per heavy atom. The highest BCUT2D eigenvalue weighted by Crippen LogP contribution is 2.12. The van der Waals surface area contributed by atoms with E-state index in [-0.39, 0.29) is 5.91 Å². The summed E-state index contributed by atoms with van der Waals surface area (Å²) in [5.74, 6) is -0.0348. The van der Waals surface area contributed by atoms with Crippen LogP contribution in [0.3, 0.4) is 0 Å². The predicted molar refractivity (Wildman–Crippen MR) is 63.9 cm³/mol. The number of hydrogen-bond acceptors (Lipinski definition) is 1. The van der Waals surface area contributed by atoms with Gasteiger partial charge in [-0.25, -0.2) is 0 Å². The minimum absolute atomic E-state index is 0.0348. The number of carbonyl (C=O) groups is 1. The molecule has 1 amide bonds. The summed E-state index contributed by atoms with van der Waals surface area (Å²) >= 11 is 0. The second-order valence-electron chi connectivity index (χ2n) is 3.69. The average Bonchev–Trinajstić information content (AvgIpc) is 2.20. The monoisotopic (exact) mass is 203 g/mol. The van der Waals surface area contributed by atoms with Crippen LogP contribution in [-0.2, 0) is 11.2 Å². The summed E-state index contributed by atoms with van der Waals surface area (Å²) in [5, 5.41) is 2.75. The maximum atomic E-state index is 10.8. The Bertz CT molecular complexity index is 363. The van der Waals surface area contributed by atoms with Gasteiger partial charge in [0.2, 0.25) is 5.91 Å². The van der Waals surface area contributed by atoms with E-state index in [1.807, 2.05) is 31.2 Å². The Balaban J connectivity index is 2.68. The predicted octanol–water partition coefficient (Wildman–Crippen LogP) is 3.15. The number of anilines is 1. The van der Waals surface area contributed by atoms with Gasteiger partial charge in [0.1, 0.15) is 0 Å². The summed E-state index contributed by atoms with van der Waals surface area (Å²) in [7, 11) is 0. The molecule has 0 saturated heterocycles. The van der Waals surface area contributed by atoms with E-state index in [0.717, 1.165) is 12.1 Å². The molecule has 1 aromatic rings. The normalized spacial score (nSPS) is 11.3. The zero-order valence-electron chi connectivity index (χ0n) is 9.50. The van der Waals surface area contributed by atoms with Crippen molar-refractivity contribution in [2.75, 3.05) is 5.32 Å². The topological polar surface area (TPSA) is 29.1 Å². The van der Waals surface area contributed by atoms with Crippen LogP contribution in [0.15, 0.2) is 35.9 Å². The Labute approximate surface area is 91.0 Å². The van der Waals surface area contributed by atoms with Crippen LogP contribution in [0.2, 0.25) is 0 Å². The van der Waals surface area contributed by atoms with Crippen LogP contribution >= 0.6 is 0 Å². The summed E-state index contributed by atoms with van der Waals surface area (Å²) in [6.45, 7) is 5.67. The maximum Gasteiger partial charge on any atom is 0.221 e. The highest BCUT2D eigenvalue weighted by atomic mass is 16.1. The van der Waals surface area contributed by atoms with E-state index in [0.29, 0.717) is 0 Å². The summed E-state index contributed by atoms with van der Waals surface area (Å²) < 4.78 is 0. The molecule has 80 valence electrons. The molecule has 0 spiro atoms. The fourth-order valence-corrected chi connectivity index (χ4v) is 1.33. The van der Waals surface area contributed by atoms with Crippen molar-refractivity contribution in [3.63, 3.8) is 0 Å². The van der Waals surface area contributed by atoms with E-state index in [9.17, 15) is 4.79 Å². The summed E-state index contributed by atoms with van der Waals surface area (Å²) in [6, 6.07) is 7.94. The Morgan fingerprint density at radius 3 is 2.33 bits per heavy atom. The molecule has 0 fully saturated rings. The van der Waals surface area contributed by atoms with Gasteiger partial charge in [-0.3, -0.25) is 4.79 Å². The van der Waals surface area contributed by atoms with Gasteiger partial charge in [0, 0.05) is 12.6 Å². The second kappa shape index (κ2) is 5.35. The molecule has 2 nitrogen and oxygen atoms in total. The van der Waals surface area contributed by atoms with Gasteiger partial charge in [-0.05, 0) is 38.0 Å². The average molecular weight is 203 g/mol. The van der Waals surface area contributed by atoms with Gasteiger partial charge in [-0.15, -0.1) is 0 Å². The largest absolute Gasteiger partial charge is 0.326 e. The van der Waals surface area contributed by atoms with Gasteiger partial charge in [0.05, 0.1) is 0 Å². The van der Waals surface area contributed by atoms with Gasteiger partial charge < -0.3 is 5.32 Å². The number of benzene rings is 1. The summed E-state index contributed by atoms with van der Waals surface area (Å²) in [4.78, 5) is 10.8. The zero-order valence-corrected chi connectivity index (χ0v) is 9.50. The van der Waals surface area contributed by atoms with Crippen molar-refractivity contribution >= 4 is 11.6 Å². The van der Waals surface area contributed by atoms with E-state index in [2.05, 4.69) is 18.3 Å². The van der Waals surface area contributed by atoms with Crippen LogP contribution < -0.4 is 5.32 Å². The van der Waals surface area contributed by atoms with Gasteiger partial charge >= 0.3 is 0 Å². The molecule has 1 rings (SSSR count). The third-order valence-electron chi connectivity index (χ3n) is 2.25. The van der Waals surface area contributed by atoms with Crippen molar-refractivity contribution in [3.8, 4) is 0 Å². The van der Waals surface area contributed by atoms with Gasteiger partial charge in [0.15, 0.2) is 0 Å². The molecule has 0 bridgehead atoms. The van der Waals surface area contributed by atoms with E-state index in [1.54, 1.807) is 0 Å². The maximum absolute atomic E-state index is 10.8. The minimum atomic E-state index is -0.0348. The van der Waals surface area contributed by atoms with Crippen molar-refractivity contribution in [1.29, 1.82) is 0 Å². The number of nitrogens with one attached hydrogen (secondary N) is 1.